The fraction of sp³-hybridized carbons (Fsp3) is 0.571. The van der Waals surface area contributed by atoms with Gasteiger partial charge in [-0.15, -0.1) is 0 Å². The van der Waals surface area contributed by atoms with Crippen molar-refractivity contribution in [1.82, 2.24) is 5.32 Å². The van der Waals surface area contributed by atoms with E-state index >= 15 is 0 Å². The van der Waals surface area contributed by atoms with Gasteiger partial charge in [-0.05, 0) is 42.5 Å². The average molecular weight is 256 g/mol. The summed E-state index contributed by atoms with van der Waals surface area (Å²) in [5.41, 5.74) is 2.47. The van der Waals surface area contributed by atoms with E-state index in [9.17, 15) is 0 Å². The quantitative estimate of drug-likeness (QED) is 0.819. The van der Waals surface area contributed by atoms with Crippen molar-refractivity contribution in [1.29, 1.82) is 0 Å². The highest BCUT2D eigenvalue weighted by atomic mass is 35.5. The lowest BCUT2D eigenvalue weighted by Gasteiger charge is -2.22. The summed E-state index contributed by atoms with van der Waals surface area (Å²) in [7, 11) is 0. The molecule has 1 atom stereocenters. The molecule has 17 heavy (non-hydrogen) atoms. The Morgan fingerprint density at radius 1 is 1.35 bits per heavy atom. The highest BCUT2D eigenvalue weighted by Gasteiger charge is 2.12. The molecule has 0 amide bonds. The molecule has 1 aromatic carbocycles. The van der Waals surface area contributed by atoms with E-state index in [0.717, 1.165) is 18.0 Å². The largest absolute Gasteiger partial charge is 0.396 e. The second kappa shape index (κ2) is 7.00. The molecule has 0 spiro atoms. The molecule has 96 valence electrons. The third-order valence-electron chi connectivity index (χ3n) is 3.10. The Labute approximate surface area is 109 Å². The van der Waals surface area contributed by atoms with Crippen LogP contribution in [-0.2, 0) is 6.54 Å². The predicted molar refractivity (Wildman–Crippen MR) is 73.4 cm³/mol. The topological polar surface area (TPSA) is 32.3 Å². The molecule has 0 aliphatic carbocycles. The Bertz CT molecular complexity index is 352. The van der Waals surface area contributed by atoms with Crippen LogP contribution in [0.15, 0.2) is 18.2 Å². The summed E-state index contributed by atoms with van der Waals surface area (Å²) in [6.45, 7) is 7.46. The van der Waals surface area contributed by atoms with Crippen LogP contribution >= 0.6 is 11.6 Å². The second-order valence-electron chi connectivity index (χ2n) is 4.81. The van der Waals surface area contributed by atoms with E-state index in [4.69, 9.17) is 16.7 Å². The first kappa shape index (κ1) is 14.5. The first-order valence-electron chi connectivity index (χ1n) is 6.14. The van der Waals surface area contributed by atoms with Crippen LogP contribution in [-0.4, -0.2) is 17.8 Å². The molecule has 1 unspecified atom stereocenters. The van der Waals surface area contributed by atoms with E-state index in [1.54, 1.807) is 0 Å². The normalized spacial score (nSPS) is 13.1. The molecule has 0 heterocycles. The van der Waals surface area contributed by atoms with Gasteiger partial charge in [-0.3, -0.25) is 0 Å². The number of rotatable bonds is 6. The minimum Gasteiger partial charge on any atom is -0.396 e. The standard InChI is InChI=1S/C14H22ClNO/c1-10(2)14(6-7-17)16-9-12-4-5-13(15)8-11(12)3/h4-5,8,10,14,16-17H,6-7,9H2,1-3H3. The molecule has 0 radical (unpaired) electrons. The van der Waals surface area contributed by atoms with Gasteiger partial charge < -0.3 is 10.4 Å². The number of aryl methyl sites for hydroxylation is 1. The summed E-state index contributed by atoms with van der Waals surface area (Å²) >= 11 is 5.93. The summed E-state index contributed by atoms with van der Waals surface area (Å²) < 4.78 is 0. The van der Waals surface area contributed by atoms with Gasteiger partial charge in [0.15, 0.2) is 0 Å². The van der Waals surface area contributed by atoms with Crippen LogP contribution in [0.1, 0.15) is 31.4 Å². The zero-order valence-corrected chi connectivity index (χ0v) is 11.6. The van der Waals surface area contributed by atoms with Crippen molar-refractivity contribution in [2.75, 3.05) is 6.61 Å². The molecule has 0 aliphatic heterocycles. The van der Waals surface area contributed by atoms with Crippen LogP contribution in [0, 0.1) is 12.8 Å². The number of hydrogen-bond donors (Lipinski definition) is 2. The minimum atomic E-state index is 0.232. The molecule has 3 heteroatoms. The number of nitrogens with one attached hydrogen (secondary N) is 1. The van der Waals surface area contributed by atoms with Crippen LogP contribution < -0.4 is 5.32 Å². The molecule has 0 bridgehead atoms. The zero-order chi connectivity index (χ0) is 12.8. The highest BCUT2D eigenvalue weighted by molar-refractivity contribution is 6.30. The smallest absolute Gasteiger partial charge is 0.0445 e. The van der Waals surface area contributed by atoms with Gasteiger partial charge in [0.1, 0.15) is 0 Å². The van der Waals surface area contributed by atoms with E-state index in [2.05, 4.69) is 32.2 Å². The number of benzene rings is 1. The first-order valence-corrected chi connectivity index (χ1v) is 6.51. The van der Waals surface area contributed by atoms with Crippen LogP contribution in [0.25, 0.3) is 0 Å². The maximum Gasteiger partial charge on any atom is 0.0445 e. The molecule has 2 N–H and O–H groups in total. The van der Waals surface area contributed by atoms with E-state index in [1.807, 2.05) is 12.1 Å². The van der Waals surface area contributed by atoms with Crippen LogP contribution in [0.5, 0.6) is 0 Å². The van der Waals surface area contributed by atoms with Gasteiger partial charge in [0.2, 0.25) is 0 Å². The SMILES string of the molecule is Cc1cc(Cl)ccc1CNC(CCO)C(C)C. The van der Waals surface area contributed by atoms with Gasteiger partial charge in [0, 0.05) is 24.2 Å². The summed E-state index contributed by atoms with van der Waals surface area (Å²) in [4.78, 5) is 0. The number of hydrogen-bond acceptors (Lipinski definition) is 2. The second-order valence-corrected chi connectivity index (χ2v) is 5.25. The number of halogens is 1. The van der Waals surface area contributed by atoms with Crippen molar-refractivity contribution in [3.63, 3.8) is 0 Å². The third kappa shape index (κ3) is 4.66. The lowest BCUT2D eigenvalue weighted by Crippen LogP contribution is -2.34. The number of aliphatic hydroxyl groups excluding tert-OH is 1. The molecule has 0 saturated carbocycles. The van der Waals surface area contributed by atoms with Crippen molar-refractivity contribution in [2.24, 2.45) is 5.92 Å². The number of aliphatic hydroxyl groups is 1. The zero-order valence-electron chi connectivity index (χ0n) is 10.8. The van der Waals surface area contributed by atoms with Crippen LogP contribution in [0.4, 0.5) is 0 Å². The Kier molecular flexibility index (Phi) is 5.96. The summed E-state index contributed by atoms with van der Waals surface area (Å²) in [6.07, 6.45) is 0.796. The van der Waals surface area contributed by atoms with Crippen molar-refractivity contribution < 1.29 is 5.11 Å². The lowest BCUT2D eigenvalue weighted by molar-refractivity contribution is 0.244. The molecule has 0 fully saturated rings. The van der Waals surface area contributed by atoms with Gasteiger partial charge >= 0.3 is 0 Å². The molecule has 0 aliphatic rings. The van der Waals surface area contributed by atoms with Crippen molar-refractivity contribution >= 4 is 11.6 Å². The average Bonchev–Trinajstić information content (AvgIpc) is 2.25. The summed E-state index contributed by atoms with van der Waals surface area (Å²) in [5.74, 6) is 0.523. The molecule has 1 aromatic rings. The van der Waals surface area contributed by atoms with E-state index in [1.165, 1.54) is 11.1 Å². The van der Waals surface area contributed by atoms with Crippen molar-refractivity contribution in [2.45, 2.75) is 39.8 Å². The Morgan fingerprint density at radius 2 is 2.06 bits per heavy atom. The predicted octanol–water partition coefficient (Wildman–Crippen LogP) is 3.15. The van der Waals surface area contributed by atoms with Gasteiger partial charge in [0.25, 0.3) is 0 Å². The van der Waals surface area contributed by atoms with E-state index < -0.39 is 0 Å². The van der Waals surface area contributed by atoms with Crippen LogP contribution in [0.2, 0.25) is 5.02 Å². The van der Waals surface area contributed by atoms with Gasteiger partial charge in [-0.2, -0.15) is 0 Å². The highest BCUT2D eigenvalue weighted by Crippen LogP contribution is 2.16. The van der Waals surface area contributed by atoms with E-state index in [0.29, 0.717) is 12.0 Å². The minimum absolute atomic E-state index is 0.232. The lowest BCUT2D eigenvalue weighted by atomic mass is 10.0. The van der Waals surface area contributed by atoms with Gasteiger partial charge in [0.05, 0.1) is 0 Å². The Hall–Kier alpha value is -0.570. The molecule has 2 nitrogen and oxygen atoms in total. The molecule has 1 rings (SSSR count). The van der Waals surface area contributed by atoms with E-state index in [-0.39, 0.29) is 6.61 Å². The summed E-state index contributed by atoms with van der Waals surface area (Å²) in [5, 5.41) is 13.3. The van der Waals surface area contributed by atoms with Crippen molar-refractivity contribution in [3.05, 3.63) is 34.3 Å². The summed E-state index contributed by atoms with van der Waals surface area (Å²) in [6, 6.07) is 6.31. The Balaban J connectivity index is 2.59. The fourth-order valence-corrected chi connectivity index (χ4v) is 2.14. The molecule has 0 aromatic heterocycles. The molecular weight excluding hydrogens is 234 g/mol. The van der Waals surface area contributed by atoms with Crippen LogP contribution in [0.3, 0.4) is 0 Å². The van der Waals surface area contributed by atoms with Gasteiger partial charge in [-0.25, -0.2) is 0 Å². The molecule has 0 saturated heterocycles. The fourth-order valence-electron chi connectivity index (χ4n) is 1.91. The monoisotopic (exact) mass is 255 g/mol. The van der Waals surface area contributed by atoms with Gasteiger partial charge in [-0.1, -0.05) is 31.5 Å². The maximum absolute atomic E-state index is 9.02. The Morgan fingerprint density at radius 3 is 2.59 bits per heavy atom. The van der Waals surface area contributed by atoms with Crippen molar-refractivity contribution in [3.8, 4) is 0 Å². The first-order chi connectivity index (χ1) is 8.04. The molecular formula is C14H22ClNO. The third-order valence-corrected chi connectivity index (χ3v) is 3.34. The maximum atomic E-state index is 9.02.